The zero-order chi connectivity index (χ0) is 14.7. The molecule has 4 heteroatoms. The van der Waals surface area contributed by atoms with Gasteiger partial charge in [0.05, 0.1) is 9.75 Å². The Hall–Kier alpha value is -1.16. The number of hydrogen-bond acceptors (Lipinski definition) is 3. The lowest BCUT2D eigenvalue weighted by molar-refractivity contribution is -0.124. The molecule has 1 aliphatic heterocycles. The minimum absolute atomic E-state index is 0.314. The summed E-state index contributed by atoms with van der Waals surface area (Å²) in [5, 5.41) is 3.36. The van der Waals surface area contributed by atoms with Crippen molar-refractivity contribution in [3.8, 4) is 0 Å². The monoisotopic (exact) mass is 319 g/mol. The van der Waals surface area contributed by atoms with Crippen molar-refractivity contribution in [1.82, 2.24) is 5.32 Å². The van der Waals surface area contributed by atoms with Crippen molar-refractivity contribution < 1.29 is 4.79 Å². The summed E-state index contributed by atoms with van der Waals surface area (Å²) < 4.78 is 0.747. The van der Waals surface area contributed by atoms with Gasteiger partial charge < -0.3 is 5.32 Å². The third-order valence-electron chi connectivity index (χ3n) is 4.28. The highest BCUT2D eigenvalue weighted by atomic mass is 35.5. The van der Waals surface area contributed by atoms with E-state index in [4.69, 9.17) is 11.6 Å². The summed E-state index contributed by atoms with van der Waals surface area (Å²) in [4.78, 5) is 14.1. The summed E-state index contributed by atoms with van der Waals surface area (Å²) in [6.07, 6.45) is 2.22. The number of ketones is 1. The molecule has 110 valence electrons. The smallest absolute Gasteiger partial charge is 0.148 e. The van der Waals surface area contributed by atoms with Crippen LogP contribution in [0, 0.1) is 0 Å². The Morgan fingerprint density at radius 1 is 1.14 bits per heavy atom. The van der Waals surface area contributed by atoms with Crippen LogP contribution in [0.2, 0.25) is 4.34 Å². The van der Waals surface area contributed by atoms with Crippen LogP contribution in [0.5, 0.6) is 0 Å². The molecule has 2 aromatic rings. The van der Waals surface area contributed by atoms with E-state index in [-0.39, 0.29) is 5.41 Å². The molecule has 1 aromatic carbocycles. The fourth-order valence-corrected chi connectivity index (χ4v) is 4.20. The van der Waals surface area contributed by atoms with Gasteiger partial charge in [0.1, 0.15) is 5.78 Å². The Labute approximate surface area is 134 Å². The maximum Gasteiger partial charge on any atom is 0.148 e. The molecule has 0 unspecified atom stereocenters. The van der Waals surface area contributed by atoms with Crippen LogP contribution >= 0.6 is 22.9 Å². The highest BCUT2D eigenvalue weighted by Crippen LogP contribution is 2.36. The standard InChI is InChI=1S/C17H18ClNOS/c18-16-7-6-14(21-16)12-15(20)17(8-10-19-11-9-17)13-4-2-1-3-5-13/h1-7,19H,8-12H2. The second-order valence-corrected chi connectivity index (χ2v) is 7.30. The van der Waals surface area contributed by atoms with E-state index in [0.717, 1.165) is 40.7 Å². The minimum atomic E-state index is -0.344. The Bertz CT molecular complexity index is 617. The molecule has 0 bridgehead atoms. The zero-order valence-electron chi connectivity index (χ0n) is 11.8. The summed E-state index contributed by atoms with van der Waals surface area (Å²) in [5.41, 5.74) is 0.808. The van der Waals surface area contributed by atoms with Crippen molar-refractivity contribution in [1.29, 1.82) is 0 Å². The number of hydrogen-bond donors (Lipinski definition) is 1. The van der Waals surface area contributed by atoms with Gasteiger partial charge in [-0.15, -0.1) is 11.3 Å². The highest BCUT2D eigenvalue weighted by Gasteiger charge is 2.40. The molecule has 1 N–H and O–H groups in total. The molecule has 0 aliphatic carbocycles. The topological polar surface area (TPSA) is 29.1 Å². The Kier molecular flexibility index (Phi) is 4.43. The molecule has 3 rings (SSSR count). The molecular weight excluding hydrogens is 302 g/mol. The number of carbonyl (C=O) groups is 1. The van der Waals surface area contributed by atoms with Gasteiger partial charge in [-0.2, -0.15) is 0 Å². The predicted molar refractivity (Wildman–Crippen MR) is 88.3 cm³/mol. The minimum Gasteiger partial charge on any atom is -0.317 e. The van der Waals surface area contributed by atoms with Crippen LogP contribution in [-0.4, -0.2) is 18.9 Å². The molecule has 0 spiro atoms. The average molecular weight is 320 g/mol. The van der Waals surface area contributed by atoms with Crippen LogP contribution in [0.1, 0.15) is 23.3 Å². The van der Waals surface area contributed by atoms with E-state index in [9.17, 15) is 4.79 Å². The van der Waals surface area contributed by atoms with Gasteiger partial charge in [-0.3, -0.25) is 4.79 Å². The number of Topliss-reactive ketones (excluding diaryl/α,β-unsaturated/α-hetero) is 1. The number of thiophene rings is 1. The first kappa shape index (κ1) is 14.8. The molecule has 1 aromatic heterocycles. The number of rotatable bonds is 4. The first-order valence-electron chi connectivity index (χ1n) is 7.24. The van der Waals surface area contributed by atoms with Gasteiger partial charge in [0.2, 0.25) is 0 Å². The lowest BCUT2D eigenvalue weighted by Crippen LogP contribution is -2.46. The third-order valence-corrected chi connectivity index (χ3v) is 5.51. The van der Waals surface area contributed by atoms with E-state index in [2.05, 4.69) is 17.4 Å². The molecule has 2 heterocycles. The van der Waals surface area contributed by atoms with E-state index in [1.54, 1.807) is 0 Å². The molecule has 0 amide bonds. The molecule has 1 fully saturated rings. The van der Waals surface area contributed by atoms with Gasteiger partial charge in [0.25, 0.3) is 0 Å². The maximum absolute atomic E-state index is 13.0. The van der Waals surface area contributed by atoms with Crippen LogP contribution in [0.3, 0.4) is 0 Å². The van der Waals surface area contributed by atoms with Gasteiger partial charge in [-0.25, -0.2) is 0 Å². The average Bonchev–Trinajstić information content (AvgIpc) is 2.94. The fourth-order valence-electron chi connectivity index (χ4n) is 3.11. The Balaban J connectivity index is 1.90. The SMILES string of the molecule is O=C(Cc1ccc(Cl)s1)C1(c2ccccc2)CCNCC1. The fraction of sp³-hybridized carbons (Fsp3) is 0.353. The highest BCUT2D eigenvalue weighted by molar-refractivity contribution is 7.16. The van der Waals surface area contributed by atoms with Crippen molar-refractivity contribution in [2.24, 2.45) is 0 Å². The van der Waals surface area contributed by atoms with Gasteiger partial charge in [0, 0.05) is 11.3 Å². The van der Waals surface area contributed by atoms with Crippen molar-refractivity contribution in [3.05, 3.63) is 57.2 Å². The van der Waals surface area contributed by atoms with Crippen molar-refractivity contribution in [3.63, 3.8) is 0 Å². The van der Waals surface area contributed by atoms with Gasteiger partial charge in [-0.1, -0.05) is 41.9 Å². The molecular formula is C17H18ClNOS. The largest absolute Gasteiger partial charge is 0.317 e. The normalized spacial score (nSPS) is 17.6. The molecule has 1 aliphatic rings. The second kappa shape index (κ2) is 6.30. The van der Waals surface area contributed by atoms with E-state index >= 15 is 0 Å². The van der Waals surface area contributed by atoms with Crippen LogP contribution in [0.15, 0.2) is 42.5 Å². The first-order chi connectivity index (χ1) is 10.2. The van der Waals surface area contributed by atoms with Crippen LogP contribution in [0.25, 0.3) is 0 Å². The summed E-state index contributed by atoms with van der Waals surface area (Å²) in [7, 11) is 0. The van der Waals surface area contributed by atoms with E-state index in [1.807, 2.05) is 30.3 Å². The molecule has 2 nitrogen and oxygen atoms in total. The molecule has 1 saturated heterocycles. The molecule has 0 atom stereocenters. The lowest BCUT2D eigenvalue weighted by Gasteiger charge is -2.36. The maximum atomic E-state index is 13.0. The predicted octanol–water partition coefficient (Wildman–Crippen LogP) is 3.83. The number of halogens is 1. The molecule has 0 saturated carbocycles. The summed E-state index contributed by atoms with van der Waals surface area (Å²) in [5.74, 6) is 0.314. The lowest BCUT2D eigenvalue weighted by atomic mass is 9.69. The van der Waals surface area contributed by atoms with Crippen molar-refractivity contribution >= 4 is 28.7 Å². The first-order valence-corrected chi connectivity index (χ1v) is 8.44. The van der Waals surface area contributed by atoms with Gasteiger partial charge in [0.15, 0.2) is 0 Å². The third kappa shape index (κ3) is 3.05. The van der Waals surface area contributed by atoms with Crippen molar-refractivity contribution in [2.45, 2.75) is 24.7 Å². The van der Waals surface area contributed by atoms with Crippen molar-refractivity contribution in [2.75, 3.05) is 13.1 Å². The summed E-state index contributed by atoms with van der Waals surface area (Å²) in [6.45, 7) is 1.79. The van der Waals surface area contributed by atoms with Crippen LogP contribution in [-0.2, 0) is 16.6 Å². The summed E-state index contributed by atoms with van der Waals surface area (Å²) >= 11 is 7.48. The second-order valence-electron chi connectivity index (χ2n) is 5.50. The van der Waals surface area contributed by atoms with E-state index in [0.29, 0.717) is 12.2 Å². The number of carbonyl (C=O) groups excluding carboxylic acids is 1. The zero-order valence-corrected chi connectivity index (χ0v) is 13.3. The van der Waals surface area contributed by atoms with Crippen LogP contribution in [0.4, 0.5) is 0 Å². The number of benzene rings is 1. The Morgan fingerprint density at radius 3 is 2.48 bits per heavy atom. The molecule has 21 heavy (non-hydrogen) atoms. The van der Waals surface area contributed by atoms with E-state index < -0.39 is 0 Å². The Morgan fingerprint density at radius 2 is 1.86 bits per heavy atom. The number of piperidine rings is 1. The van der Waals surface area contributed by atoms with E-state index in [1.165, 1.54) is 11.3 Å². The van der Waals surface area contributed by atoms with Gasteiger partial charge in [-0.05, 0) is 43.6 Å². The molecule has 0 radical (unpaired) electrons. The quantitative estimate of drug-likeness (QED) is 0.928. The number of nitrogens with one attached hydrogen (secondary N) is 1. The summed E-state index contributed by atoms with van der Waals surface area (Å²) in [6, 6.07) is 14.1. The van der Waals surface area contributed by atoms with Crippen LogP contribution < -0.4 is 5.32 Å². The van der Waals surface area contributed by atoms with Gasteiger partial charge >= 0.3 is 0 Å².